The maximum absolute atomic E-state index is 5.14. The number of allylic oxidation sites excluding steroid dienone is 7. The zero-order chi connectivity index (χ0) is 32.7. The van der Waals surface area contributed by atoms with E-state index in [2.05, 4.69) is 115 Å². The molecule has 1 unspecified atom stereocenters. The van der Waals surface area contributed by atoms with Gasteiger partial charge in [0.2, 0.25) is 11.9 Å². The van der Waals surface area contributed by atoms with E-state index in [1.807, 2.05) is 36.7 Å². The average molecular weight is 635 g/mol. The summed E-state index contributed by atoms with van der Waals surface area (Å²) in [5, 5.41) is 2.05. The van der Waals surface area contributed by atoms with Crippen LogP contribution in [0.3, 0.4) is 0 Å². The third kappa shape index (κ3) is 4.26. The number of aromatic nitrogens is 4. The second-order valence-corrected chi connectivity index (χ2v) is 13.9. The van der Waals surface area contributed by atoms with Gasteiger partial charge in [-0.3, -0.25) is 9.80 Å². The molecule has 236 valence electrons. The van der Waals surface area contributed by atoms with Gasteiger partial charge in [0, 0.05) is 34.5 Å². The molecule has 0 saturated heterocycles. The van der Waals surface area contributed by atoms with Crippen LogP contribution in [0.5, 0.6) is 0 Å². The van der Waals surface area contributed by atoms with Gasteiger partial charge in [-0.1, -0.05) is 104 Å². The molecule has 3 aliphatic carbocycles. The van der Waals surface area contributed by atoms with Gasteiger partial charge in [-0.15, -0.1) is 0 Å². The Morgan fingerprint density at radius 1 is 0.714 bits per heavy atom. The Morgan fingerprint density at radius 3 is 2.18 bits per heavy atom. The van der Waals surface area contributed by atoms with Gasteiger partial charge in [-0.2, -0.15) is 0 Å². The highest BCUT2D eigenvalue weighted by Gasteiger charge is 2.40. The van der Waals surface area contributed by atoms with Crippen molar-refractivity contribution in [3.05, 3.63) is 161 Å². The van der Waals surface area contributed by atoms with E-state index in [0.717, 1.165) is 63.8 Å². The minimum Gasteiger partial charge on any atom is -0.279 e. The van der Waals surface area contributed by atoms with E-state index in [9.17, 15) is 0 Å². The van der Waals surface area contributed by atoms with Crippen molar-refractivity contribution < 1.29 is 0 Å². The number of rotatable bonds is 3. The van der Waals surface area contributed by atoms with Gasteiger partial charge in [0.05, 0.1) is 33.8 Å². The zero-order valence-electron chi connectivity index (χ0n) is 27.5. The molecular weight excluding hydrogens is 601 g/mol. The molecule has 4 aromatic carbocycles. The zero-order valence-corrected chi connectivity index (χ0v) is 27.5. The topological polar surface area (TPSA) is 58.0 Å². The Kier molecular flexibility index (Phi) is 6.07. The van der Waals surface area contributed by atoms with Crippen molar-refractivity contribution in [1.82, 2.24) is 19.9 Å². The van der Waals surface area contributed by atoms with Crippen LogP contribution >= 0.6 is 0 Å². The van der Waals surface area contributed by atoms with E-state index in [4.69, 9.17) is 19.9 Å². The number of benzene rings is 4. The van der Waals surface area contributed by atoms with Crippen molar-refractivity contribution in [2.24, 2.45) is 0 Å². The second kappa shape index (κ2) is 10.6. The molecule has 0 saturated carbocycles. The molecule has 2 aromatic heterocycles. The van der Waals surface area contributed by atoms with Crippen molar-refractivity contribution in [3.8, 4) is 0 Å². The summed E-state index contributed by atoms with van der Waals surface area (Å²) in [5.74, 6) is 1.57. The molecule has 6 heteroatoms. The van der Waals surface area contributed by atoms with Crippen LogP contribution in [0.1, 0.15) is 55.7 Å². The molecule has 49 heavy (non-hydrogen) atoms. The lowest BCUT2D eigenvalue weighted by Gasteiger charge is -2.41. The van der Waals surface area contributed by atoms with Crippen molar-refractivity contribution in [2.75, 3.05) is 9.80 Å². The molecule has 0 radical (unpaired) electrons. The van der Waals surface area contributed by atoms with E-state index < -0.39 is 0 Å². The summed E-state index contributed by atoms with van der Waals surface area (Å²) in [6.45, 7) is 4.75. The van der Waals surface area contributed by atoms with Crippen LogP contribution in [0.25, 0.3) is 27.4 Å². The van der Waals surface area contributed by atoms with Crippen molar-refractivity contribution in [2.45, 2.75) is 44.4 Å². The van der Waals surface area contributed by atoms with Crippen LogP contribution in [-0.2, 0) is 5.41 Å². The predicted octanol–water partition coefficient (Wildman–Crippen LogP) is 10.2. The SMILES string of the molecule is CC1(C)C2=C(C=CC(c3ccc4c(c3)N(c3ncc5ccccc5n3)C3=C(C=CCC3)N4c3ncc4ccccc4n3)C2)c2ccccc21. The minimum atomic E-state index is -0.00746. The molecule has 6 nitrogen and oxygen atoms in total. The monoisotopic (exact) mass is 634 g/mol. The first-order valence-corrected chi connectivity index (χ1v) is 17.1. The van der Waals surface area contributed by atoms with Crippen molar-refractivity contribution in [1.29, 1.82) is 0 Å². The summed E-state index contributed by atoms with van der Waals surface area (Å²) >= 11 is 0. The standard InChI is InChI=1S/C43H34N6/c1-43(2)33-14-6-5-13-31(33)32-21-19-27(23-34(32)43)28-20-22-39-40(24-28)49(42-45-26-30-12-4-8-16-36(30)47-42)38-18-10-9-17-37(38)48(39)41-44-25-29-11-3-7-15-35(29)46-41/h3-9,11-17,19-22,24-27H,10,18,23H2,1-2H3. The van der Waals surface area contributed by atoms with Crippen LogP contribution in [0, 0.1) is 0 Å². The van der Waals surface area contributed by atoms with Crippen LogP contribution in [0.4, 0.5) is 23.3 Å². The van der Waals surface area contributed by atoms with E-state index >= 15 is 0 Å². The lowest BCUT2D eigenvalue weighted by atomic mass is 9.75. The van der Waals surface area contributed by atoms with E-state index in [1.54, 1.807) is 0 Å². The van der Waals surface area contributed by atoms with Crippen molar-refractivity contribution in [3.63, 3.8) is 0 Å². The quantitative estimate of drug-likeness (QED) is 0.193. The lowest BCUT2D eigenvalue weighted by molar-refractivity contribution is 0.591. The van der Waals surface area contributed by atoms with Gasteiger partial charge in [-0.05, 0) is 71.9 Å². The number of hydrogen-bond donors (Lipinski definition) is 0. The first-order valence-electron chi connectivity index (χ1n) is 17.1. The third-order valence-electron chi connectivity index (χ3n) is 10.8. The molecule has 6 aromatic rings. The molecule has 1 atom stereocenters. The molecule has 0 spiro atoms. The van der Waals surface area contributed by atoms with Gasteiger partial charge in [0.25, 0.3) is 0 Å². The minimum absolute atomic E-state index is 0.00746. The average Bonchev–Trinajstić information content (AvgIpc) is 3.38. The summed E-state index contributed by atoms with van der Waals surface area (Å²) in [4.78, 5) is 24.6. The first kappa shape index (κ1) is 28.2. The van der Waals surface area contributed by atoms with Crippen LogP contribution in [0.2, 0.25) is 0 Å². The summed E-state index contributed by atoms with van der Waals surface area (Å²) in [6.07, 6.45) is 15.8. The molecule has 0 N–H and O–H groups in total. The highest BCUT2D eigenvalue weighted by molar-refractivity contribution is 5.91. The number of para-hydroxylation sites is 2. The Balaban J connectivity index is 1.14. The molecular formula is C43H34N6. The molecule has 0 amide bonds. The molecule has 0 fully saturated rings. The Hall–Kier alpha value is -5.88. The maximum atomic E-state index is 5.14. The van der Waals surface area contributed by atoms with Gasteiger partial charge in [0.15, 0.2) is 0 Å². The molecule has 3 heterocycles. The maximum Gasteiger partial charge on any atom is 0.235 e. The van der Waals surface area contributed by atoms with Gasteiger partial charge < -0.3 is 0 Å². The molecule has 0 bridgehead atoms. The number of anilines is 4. The highest BCUT2D eigenvalue weighted by atomic mass is 15.4. The van der Waals surface area contributed by atoms with Crippen LogP contribution in [0.15, 0.2) is 145 Å². The third-order valence-corrected chi connectivity index (χ3v) is 10.8. The fraction of sp³-hybridized carbons (Fsp3) is 0.163. The van der Waals surface area contributed by atoms with E-state index in [0.29, 0.717) is 11.9 Å². The Bertz CT molecular complexity index is 2480. The lowest BCUT2D eigenvalue weighted by Crippen LogP contribution is -2.34. The highest BCUT2D eigenvalue weighted by Crippen LogP contribution is 2.54. The fourth-order valence-corrected chi connectivity index (χ4v) is 8.28. The van der Waals surface area contributed by atoms with E-state index in [1.165, 1.54) is 27.8 Å². The first-order chi connectivity index (χ1) is 24.0. The fourth-order valence-electron chi connectivity index (χ4n) is 8.28. The van der Waals surface area contributed by atoms with E-state index in [-0.39, 0.29) is 11.3 Å². The number of fused-ring (bicyclic) bond motifs is 5. The predicted molar refractivity (Wildman–Crippen MR) is 198 cm³/mol. The summed E-state index contributed by atoms with van der Waals surface area (Å²) in [6, 6.07) is 32.2. The molecule has 10 rings (SSSR count). The Morgan fingerprint density at radius 2 is 1.41 bits per heavy atom. The number of hydrogen-bond acceptors (Lipinski definition) is 6. The van der Waals surface area contributed by atoms with Crippen LogP contribution in [-0.4, -0.2) is 19.9 Å². The smallest absolute Gasteiger partial charge is 0.235 e. The number of nitrogens with zero attached hydrogens (tertiary/aromatic N) is 6. The summed E-state index contributed by atoms with van der Waals surface area (Å²) in [5.41, 5.74) is 13.1. The normalized spacial score (nSPS) is 18.9. The van der Waals surface area contributed by atoms with Crippen LogP contribution < -0.4 is 9.80 Å². The van der Waals surface area contributed by atoms with Gasteiger partial charge >= 0.3 is 0 Å². The molecule has 4 aliphatic rings. The summed E-state index contributed by atoms with van der Waals surface area (Å²) in [7, 11) is 0. The van der Waals surface area contributed by atoms with Gasteiger partial charge in [0.1, 0.15) is 0 Å². The van der Waals surface area contributed by atoms with Crippen molar-refractivity contribution >= 4 is 50.7 Å². The summed E-state index contributed by atoms with van der Waals surface area (Å²) < 4.78 is 0. The second-order valence-electron chi connectivity index (χ2n) is 13.9. The largest absolute Gasteiger partial charge is 0.279 e. The Labute approximate surface area is 285 Å². The molecule has 1 aliphatic heterocycles. The van der Waals surface area contributed by atoms with Gasteiger partial charge in [-0.25, -0.2) is 19.9 Å².